The van der Waals surface area contributed by atoms with Gasteiger partial charge in [-0.15, -0.1) is 0 Å². The fraction of sp³-hybridized carbons (Fsp3) is 0.960. The molecule has 0 spiro atoms. The zero-order valence-corrected chi connectivity index (χ0v) is 18.9. The molecule has 0 aliphatic carbocycles. The molecule has 2 heteroatoms. The van der Waals surface area contributed by atoms with E-state index in [0.29, 0.717) is 0 Å². The maximum absolute atomic E-state index is 11.4. The van der Waals surface area contributed by atoms with Crippen molar-refractivity contribution in [1.82, 2.24) is 0 Å². The van der Waals surface area contributed by atoms with E-state index in [1.165, 1.54) is 96.3 Å². The highest BCUT2D eigenvalue weighted by Gasteiger charge is 2.16. The highest BCUT2D eigenvalue weighted by Crippen LogP contribution is 2.20. The molecule has 0 saturated carbocycles. The van der Waals surface area contributed by atoms with Gasteiger partial charge < -0.3 is 5.11 Å². The summed E-state index contributed by atoms with van der Waals surface area (Å²) < 4.78 is 0. The lowest BCUT2D eigenvalue weighted by Crippen LogP contribution is -2.13. The molecule has 0 amide bonds. The quantitative estimate of drug-likeness (QED) is 0.201. The Bertz CT molecular complexity index is 311. The summed E-state index contributed by atoms with van der Waals surface area (Å²) in [5, 5.41) is 9.39. The summed E-state index contributed by atoms with van der Waals surface area (Å²) in [5.74, 6) is 0.0582. The van der Waals surface area contributed by atoms with Gasteiger partial charge in [0.1, 0.15) is 0 Å². The monoisotopic (exact) mass is 382 g/mol. The summed E-state index contributed by atoms with van der Waals surface area (Å²) in [6, 6.07) is 0. The minimum atomic E-state index is -0.575. The molecule has 0 bridgehead atoms. The highest BCUT2D eigenvalue weighted by atomic mass is 16.4. The van der Waals surface area contributed by atoms with Gasteiger partial charge in [0.25, 0.3) is 0 Å². The Morgan fingerprint density at radius 1 is 0.593 bits per heavy atom. The SMILES string of the molecule is CCCCCCCCCCCCCCCCC(CCCCC(C)C)C(=O)O. The summed E-state index contributed by atoms with van der Waals surface area (Å²) in [5.41, 5.74) is 0. The van der Waals surface area contributed by atoms with Crippen LogP contribution in [0.4, 0.5) is 0 Å². The Morgan fingerprint density at radius 3 is 1.30 bits per heavy atom. The van der Waals surface area contributed by atoms with Gasteiger partial charge in [0.2, 0.25) is 0 Å². The lowest BCUT2D eigenvalue weighted by atomic mass is 9.93. The summed E-state index contributed by atoms with van der Waals surface area (Å²) in [7, 11) is 0. The van der Waals surface area contributed by atoms with Gasteiger partial charge in [-0.1, -0.05) is 130 Å². The van der Waals surface area contributed by atoms with Crippen molar-refractivity contribution in [3.63, 3.8) is 0 Å². The van der Waals surface area contributed by atoms with Crippen LogP contribution in [0, 0.1) is 11.8 Å². The number of carboxylic acid groups (broad SMARTS) is 1. The standard InChI is InChI=1S/C25H50O2/c1-4-5-6-7-8-9-10-11-12-13-14-15-16-17-21-24(25(26)27)22-19-18-20-23(2)3/h23-24H,4-22H2,1-3H3,(H,26,27). The van der Waals surface area contributed by atoms with E-state index < -0.39 is 5.97 Å². The minimum absolute atomic E-state index is 0.102. The highest BCUT2D eigenvalue weighted by molar-refractivity contribution is 5.69. The van der Waals surface area contributed by atoms with Gasteiger partial charge >= 0.3 is 5.97 Å². The first kappa shape index (κ1) is 26.5. The number of hydrogen-bond acceptors (Lipinski definition) is 1. The van der Waals surface area contributed by atoms with Crippen molar-refractivity contribution in [3.8, 4) is 0 Å². The number of unbranched alkanes of at least 4 members (excludes halogenated alkanes) is 14. The van der Waals surface area contributed by atoms with Crippen molar-refractivity contribution in [1.29, 1.82) is 0 Å². The van der Waals surface area contributed by atoms with E-state index in [1.54, 1.807) is 0 Å². The number of aliphatic carboxylic acids is 1. The van der Waals surface area contributed by atoms with Crippen LogP contribution in [0.2, 0.25) is 0 Å². The fourth-order valence-electron chi connectivity index (χ4n) is 3.92. The first-order chi connectivity index (χ1) is 13.1. The molecular weight excluding hydrogens is 332 g/mol. The third-order valence-corrected chi connectivity index (χ3v) is 5.84. The first-order valence-electron chi connectivity index (χ1n) is 12.3. The lowest BCUT2D eigenvalue weighted by Gasteiger charge is -2.12. The van der Waals surface area contributed by atoms with Gasteiger partial charge in [-0.05, 0) is 18.8 Å². The van der Waals surface area contributed by atoms with E-state index >= 15 is 0 Å². The second-order valence-electron chi connectivity index (χ2n) is 9.10. The molecule has 0 saturated heterocycles. The van der Waals surface area contributed by atoms with Crippen molar-refractivity contribution in [3.05, 3.63) is 0 Å². The number of carboxylic acids is 1. The first-order valence-corrected chi connectivity index (χ1v) is 12.3. The van der Waals surface area contributed by atoms with Crippen molar-refractivity contribution in [2.75, 3.05) is 0 Å². The summed E-state index contributed by atoms with van der Waals surface area (Å²) in [4.78, 5) is 11.4. The van der Waals surface area contributed by atoms with Crippen LogP contribution in [-0.2, 0) is 4.79 Å². The van der Waals surface area contributed by atoms with Crippen molar-refractivity contribution < 1.29 is 9.90 Å². The van der Waals surface area contributed by atoms with E-state index in [0.717, 1.165) is 31.6 Å². The van der Waals surface area contributed by atoms with Crippen LogP contribution in [0.15, 0.2) is 0 Å². The normalized spacial score (nSPS) is 12.6. The minimum Gasteiger partial charge on any atom is -0.481 e. The molecule has 1 N–H and O–H groups in total. The van der Waals surface area contributed by atoms with Crippen molar-refractivity contribution in [2.24, 2.45) is 11.8 Å². The molecular formula is C25H50O2. The third kappa shape index (κ3) is 20.0. The van der Waals surface area contributed by atoms with Crippen LogP contribution in [0.25, 0.3) is 0 Å². The van der Waals surface area contributed by atoms with Gasteiger partial charge in [0, 0.05) is 0 Å². The molecule has 0 aromatic heterocycles. The predicted octanol–water partition coefficient (Wildman–Crippen LogP) is 8.78. The van der Waals surface area contributed by atoms with Crippen molar-refractivity contribution in [2.45, 2.75) is 143 Å². The summed E-state index contributed by atoms with van der Waals surface area (Å²) in [6.45, 7) is 6.76. The smallest absolute Gasteiger partial charge is 0.306 e. The molecule has 0 heterocycles. The van der Waals surface area contributed by atoms with Crippen LogP contribution in [0.3, 0.4) is 0 Å². The maximum atomic E-state index is 11.4. The summed E-state index contributed by atoms with van der Waals surface area (Å²) >= 11 is 0. The number of hydrogen-bond donors (Lipinski definition) is 1. The molecule has 0 fully saturated rings. The van der Waals surface area contributed by atoms with Crippen LogP contribution >= 0.6 is 0 Å². The average Bonchev–Trinajstić information content (AvgIpc) is 2.63. The molecule has 0 aromatic carbocycles. The Balaban J connectivity index is 3.38. The Hall–Kier alpha value is -0.530. The van der Waals surface area contributed by atoms with E-state index in [1.807, 2.05) is 0 Å². The molecule has 0 aromatic rings. The van der Waals surface area contributed by atoms with Gasteiger partial charge in [0.05, 0.1) is 5.92 Å². The number of rotatable bonds is 21. The zero-order chi connectivity index (χ0) is 20.2. The van der Waals surface area contributed by atoms with Gasteiger partial charge in [0.15, 0.2) is 0 Å². The predicted molar refractivity (Wildman–Crippen MR) is 119 cm³/mol. The molecule has 0 aliphatic rings. The maximum Gasteiger partial charge on any atom is 0.306 e. The van der Waals surface area contributed by atoms with Crippen LogP contribution < -0.4 is 0 Å². The second kappa shape index (κ2) is 20.2. The molecule has 1 atom stereocenters. The Kier molecular flexibility index (Phi) is 19.8. The van der Waals surface area contributed by atoms with E-state index in [2.05, 4.69) is 20.8 Å². The van der Waals surface area contributed by atoms with Gasteiger partial charge in [-0.25, -0.2) is 0 Å². The van der Waals surface area contributed by atoms with Gasteiger partial charge in [-0.3, -0.25) is 4.79 Å². The molecule has 0 radical (unpaired) electrons. The Morgan fingerprint density at radius 2 is 0.926 bits per heavy atom. The molecule has 162 valence electrons. The molecule has 0 aliphatic heterocycles. The topological polar surface area (TPSA) is 37.3 Å². The molecule has 27 heavy (non-hydrogen) atoms. The van der Waals surface area contributed by atoms with Crippen LogP contribution in [0.1, 0.15) is 143 Å². The summed E-state index contributed by atoms with van der Waals surface area (Å²) in [6.07, 6.45) is 24.2. The molecule has 2 nitrogen and oxygen atoms in total. The van der Waals surface area contributed by atoms with E-state index in [9.17, 15) is 9.90 Å². The van der Waals surface area contributed by atoms with Crippen LogP contribution in [0.5, 0.6) is 0 Å². The third-order valence-electron chi connectivity index (χ3n) is 5.84. The van der Waals surface area contributed by atoms with Crippen LogP contribution in [-0.4, -0.2) is 11.1 Å². The average molecular weight is 383 g/mol. The molecule has 0 rings (SSSR count). The number of carbonyl (C=O) groups is 1. The largest absolute Gasteiger partial charge is 0.481 e. The molecule has 1 unspecified atom stereocenters. The Labute approximate surface area is 170 Å². The van der Waals surface area contributed by atoms with E-state index in [4.69, 9.17) is 0 Å². The second-order valence-corrected chi connectivity index (χ2v) is 9.10. The fourth-order valence-corrected chi connectivity index (χ4v) is 3.92. The van der Waals surface area contributed by atoms with Crippen molar-refractivity contribution >= 4 is 5.97 Å². The van der Waals surface area contributed by atoms with Gasteiger partial charge in [-0.2, -0.15) is 0 Å². The van der Waals surface area contributed by atoms with E-state index in [-0.39, 0.29) is 5.92 Å². The zero-order valence-electron chi connectivity index (χ0n) is 18.9. The lowest BCUT2D eigenvalue weighted by molar-refractivity contribution is -0.142.